The summed E-state index contributed by atoms with van der Waals surface area (Å²) in [5, 5.41) is 20.0. The van der Waals surface area contributed by atoms with Crippen LogP contribution in [0, 0.1) is 13.8 Å². The maximum absolute atomic E-state index is 12.1. The van der Waals surface area contributed by atoms with E-state index in [9.17, 15) is 18.6 Å². The zero-order valence-electron chi connectivity index (χ0n) is 10.9. The Hall–Kier alpha value is -1.21. The van der Waals surface area contributed by atoms with Crippen LogP contribution in [-0.4, -0.2) is 43.0 Å². The van der Waals surface area contributed by atoms with Crippen molar-refractivity contribution in [2.75, 3.05) is 0 Å². The van der Waals surface area contributed by atoms with E-state index < -0.39 is 34.3 Å². The SMILES string of the molecule is [CH][C@@H]1O[C@H](/C=C\S(=O)(=O)c2ccc(C)cc2)[C@H](O)C1O. The average molecular weight is 296 g/mol. The zero-order chi connectivity index (χ0) is 14.9. The molecule has 2 radical (unpaired) electrons. The van der Waals surface area contributed by atoms with E-state index in [1.165, 1.54) is 18.2 Å². The minimum Gasteiger partial charge on any atom is -0.388 e. The number of aliphatic hydroxyl groups is 2. The van der Waals surface area contributed by atoms with Crippen molar-refractivity contribution in [1.29, 1.82) is 0 Å². The van der Waals surface area contributed by atoms with E-state index >= 15 is 0 Å². The lowest BCUT2D eigenvalue weighted by atomic mass is 10.1. The van der Waals surface area contributed by atoms with E-state index in [4.69, 9.17) is 11.7 Å². The van der Waals surface area contributed by atoms with Gasteiger partial charge in [0.05, 0.1) is 11.0 Å². The number of aliphatic hydroxyl groups excluding tert-OH is 2. The van der Waals surface area contributed by atoms with Crippen LogP contribution < -0.4 is 0 Å². The summed E-state index contributed by atoms with van der Waals surface area (Å²) in [5.74, 6) is 0. The first-order valence-corrected chi connectivity index (χ1v) is 7.63. The van der Waals surface area contributed by atoms with Gasteiger partial charge in [-0.05, 0) is 32.1 Å². The lowest BCUT2D eigenvalue weighted by Crippen LogP contribution is -2.30. The molecule has 0 spiro atoms. The van der Waals surface area contributed by atoms with Crippen molar-refractivity contribution in [3.63, 3.8) is 0 Å². The molecule has 0 saturated carbocycles. The first kappa shape index (κ1) is 15.2. The van der Waals surface area contributed by atoms with Gasteiger partial charge in [0.25, 0.3) is 0 Å². The molecule has 1 aromatic rings. The van der Waals surface area contributed by atoms with Gasteiger partial charge in [-0.3, -0.25) is 0 Å². The largest absolute Gasteiger partial charge is 0.388 e. The van der Waals surface area contributed by atoms with E-state index in [0.717, 1.165) is 11.0 Å². The molecule has 1 unspecified atom stereocenters. The van der Waals surface area contributed by atoms with Gasteiger partial charge in [0.15, 0.2) is 9.84 Å². The van der Waals surface area contributed by atoms with Crippen LogP contribution >= 0.6 is 0 Å². The van der Waals surface area contributed by atoms with E-state index in [0.29, 0.717) is 0 Å². The predicted molar refractivity (Wildman–Crippen MR) is 72.5 cm³/mol. The molecule has 0 amide bonds. The topological polar surface area (TPSA) is 83.8 Å². The summed E-state index contributed by atoms with van der Waals surface area (Å²) < 4.78 is 29.2. The van der Waals surface area contributed by atoms with Crippen LogP contribution in [0.5, 0.6) is 0 Å². The van der Waals surface area contributed by atoms with E-state index in [2.05, 4.69) is 0 Å². The Morgan fingerprint density at radius 3 is 2.30 bits per heavy atom. The van der Waals surface area contributed by atoms with Crippen molar-refractivity contribution < 1.29 is 23.4 Å². The van der Waals surface area contributed by atoms with Crippen LogP contribution in [0.1, 0.15) is 5.56 Å². The molecule has 108 valence electrons. The van der Waals surface area contributed by atoms with Gasteiger partial charge < -0.3 is 14.9 Å². The summed E-state index contributed by atoms with van der Waals surface area (Å²) in [6, 6.07) is 6.39. The van der Waals surface area contributed by atoms with E-state index in [1.54, 1.807) is 12.1 Å². The number of ether oxygens (including phenoxy) is 1. The molecule has 0 bridgehead atoms. The second kappa shape index (κ2) is 5.65. The fourth-order valence-electron chi connectivity index (χ4n) is 1.88. The molecule has 0 aromatic heterocycles. The molecule has 20 heavy (non-hydrogen) atoms. The second-order valence-corrected chi connectivity index (χ2v) is 6.57. The molecule has 2 rings (SSSR count). The standard InChI is InChI=1S/C14H16O5S/c1-9-3-5-11(6-4-9)20(17,18)8-7-12-14(16)13(15)10(2)19-12/h2-8,10,12-16H,1H3/b8-7-/t10-,12+,13?,14-/m0/s1. The van der Waals surface area contributed by atoms with Crippen molar-refractivity contribution in [3.8, 4) is 0 Å². The van der Waals surface area contributed by atoms with Crippen LogP contribution in [0.4, 0.5) is 0 Å². The molecular formula is C14H16O5S. The maximum Gasteiger partial charge on any atom is 0.199 e. The highest BCUT2D eigenvalue weighted by Crippen LogP contribution is 2.22. The Labute approximate surface area is 118 Å². The zero-order valence-corrected chi connectivity index (χ0v) is 11.7. The molecule has 2 N–H and O–H groups in total. The lowest BCUT2D eigenvalue weighted by molar-refractivity contribution is 0.0391. The number of sulfone groups is 1. The van der Waals surface area contributed by atoms with Crippen molar-refractivity contribution in [2.45, 2.75) is 36.2 Å². The Balaban J connectivity index is 2.16. The van der Waals surface area contributed by atoms with Gasteiger partial charge in [-0.2, -0.15) is 0 Å². The lowest BCUT2D eigenvalue weighted by Gasteiger charge is -2.10. The summed E-state index contributed by atoms with van der Waals surface area (Å²) in [7, 11) is -3.62. The normalized spacial score (nSPS) is 31.0. The predicted octanol–water partition coefficient (Wildman–Crippen LogP) is 0.483. The number of aryl methyl sites for hydroxylation is 1. The van der Waals surface area contributed by atoms with Gasteiger partial charge in [0.1, 0.15) is 18.3 Å². The van der Waals surface area contributed by atoms with Gasteiger partial charge in [0, 0.05) is 5.41 Å². The second-order valence-electron chi connectivity index (χ2n) is 4.73. The molecule has 1 saturated heterocycles. The van der Waals surface area contributed by atoms with Gasteiger partial charge in [-0.15, -0.1) is 0 Å². The van der Waals surface area contributed by atoms with Crippen LogP contribution in [0.3, 0.4) is 0 Å². The third-order valence-corrected chi connectivity index (χ3v) is 4.58. The summed E-state index contributed by atoms with van der Waals surface area (Å²) in [5.41, 5.74) is 0.955. The van der Waals surface area contributed by atoms with Crippen molar-refractivity contribution in [3.05, 3.63) is 48.2 Å². The Morgan fingerprint density at radius 2 is 1.80 bits per heavy atom. The van der Waals surface area contributed by atoms with Crippen molar-refractivity contribution in [1.82, 2.24) is 0 Å². The maximum atomic E-state index is 12.1. The summed E-state index contributed by atoms with van der Waals surface area (Å²) in [4.78, 5) is 0.150. The minimum absolute atomic E-state index is 0.150. The summed E-state index contributed by atoms with van der Waals surface area (Å²) in [6.45, 7) is 7.27. The van der Waals surface area contributed by atoms with Crippen molar-refractivity contribution >= 4 is 9.84 Å². The third kappa shape index (κ3) is 3.09. The quantitative estimate of drug-likeness (QED) is 0.848. The Bertz CT molecular complexity index is 590. The Morgan fingerprint density at radius 1 is 1.20 bits per heavy atom. The molecule has 1 heterocycles. The monoisotopic (exact) mass is 296 g/mol. The highest BCUT2D eigenvalue weighted by Gasteiger charge is 2.39. The summed E-state index contributed by atoms with van der Waals surface area (Å²) >= 11 is 0. The molecule has 0 aliphatic carbocycles. The molecule has 1 fully saturated rings. The molecule has 1 aliphatic heterocycles. The molecule has 5 nitrogen and oxygen atoms in total. The van der Waals surface area contributed by atoms with Crippen molar-refractivity contribution in [2.24, 2.45) is 0 Å². The molecule has 6 heteroatoms. The number of rotatable bonds is 3. The average Bonchev–Trinajstić information content (AvgIpc) is 2.64. The van der Waals surface area contributed by atoms with Crippen LogP contribution in [-0.2, 0) is 14.6 Å². The number of benzene rings is 1. The first-order chi connectivity index (χ1) is 9.31. The minimum atomic E-state index is -3.62. The molecule has 4 atom stereocenters. The van der Waals surface area contributed by atoms with Gasteiger partial charge in [-0.1, -0.05) is 17.7 Å². The van der Waals surface area contributed by atoms with Crippen LogP contribution in [0.25, 0.3) is 0 Å². The Kier molecular flexibility index (Phi) is 4.29. The van der Waals surface area contributed by atoms with Gasteiger partial charge in [0.2, 0.25) is 0 Å². The van der Waals surface area contributed by atoms with Crippen LogP contribution in [0.15, 0.2) is 40.6 Å². The third-order valence-electron chi connectivity index (χ3n) is 3.13. The first-order valence-electron chi connectivity index (χ1n) is 6.08. The fraction of sp³-hybridized carbons (Fsp3) is 0.357. The highest BCUT2D eigenvalue weighted by atomic mass is 32.2. The van der Waals surface area contributed by atoms with E-state index in [1.807, 2.05) is 6.92 Å². The van der Waals surface area contributed by atoms with Crippen LogP contribution in [0.2, 0.25) is 0 Å². The molecule has 1 aromatic carbocycles. The molecular weight excluding hydrogens is 280 g/mol. The number of hydrogen-bond acceptors (Lipinski definition) is 5. The fourth-order valence-corrected chi connectivity index (χ4v) is 2.91. The smallest absolute Gasteiger partial charge is 0.199 e. The number of hydrogen-bond donors (Lipinski definition) is 2. The summed E-state index contributed by atoms with van der Waals surface area (Å²) in [6.07, 6.45) is -3.25. The highest BCUT2D eigenvalue weighted by molar-refractivity contribution is 7.94. The van der Waals surface area contributed by atoms with Gasteiger partial charge >= 0.3 is 0 Å². The van der Waals surface area contributed by atoms with E-state index in [-0.39, 0.29) is 4.90 Å². The molecule has 1 aliphatic rings. The van der Waals surface area contributed by atoms with Gasteiger partial charge in [-0.25, -0.2) is 8.42 Å².